The minimum absolute atomic E-state index is 0.514. The molecule has 0 saturated heterocycles. The van der Waals surface area contributed by atoms with E-state index in [1.807, 2.05) is 54.6 Å². The highest BCUT2D eigenvalue weighted by Gasteiger charge is 2.17. The number of furan rings is 1. The molecule has 0 fully saturated rings. The number of nitrogens with zero attached hydrogens (tertiary/aromatic N) is 3. The lowest BCUT2D eigenvalue weighted by molar-refractivity contribution is 0.244. The Balaban J connectivity index is 1.69. The van der Waals surface area contributed by atoms with E-state index in [0.29, 0.717) is 23.9 Å². The third-order valence-corrected chi connectivity index (χ3v) is 4.97. The number of hydrogen-bond acceptors (Lipinski definition) is 5. The number of para-hydroxylation sites is 1. The van der Waals surface area contributed by atoms with Gasteiger partial charge in [-0.2, -0.15) is 4.98 Å². The van der Waals surface area contributed by atoms with E-state index in [9.17, 15) is 0 Å². The van der Waals surface area contributed by atoms with Crippen molar-refractivity contribution in [3.8, 4) is 17.3 Å². The Morgan fingerprint density at radius 2 is 1.68 bits per heavy atom. The first-order valence-electron chi connectivity index (χ1n) is 9.90. The summed E-state index contributed by atoms with van der Waals surface area (Å²) in [5, 5.41) is 0.977. The fraction of sp³-hybridized carbons (Fsp3) is 0.304. The van der Waals surface area contributed by atoms with Crippen LogP contribution in [0, 0.1) is 0 Å². The number of aromatic nitrogens is 2. The van der Waals surface area contributed by atoms with Gasteiger partial charge in [0.15, 0.2) is 5.82 Å². The lowest BCUT2D eigenvalue weighted by atomic mass is 10.2. The van der Waals surface area contributed by atoms with Crippen molar-refractivity contribution in [2.24, 2.45) is 0 Å². The Morgan fingerprint density at radius 1 is 0.929 bits per heavy atom. The molecule has 0 aliphatic carbocycles. The monoisotopic (exact) mass is 375 g/mol. The van der Waals surface area contributed by atoms with Crippen LogP contribution in [-0.2, 0) is 0 Å². The molecule has 4 aromatic rings. The van der Waals surface area contributed by atoms with E-state index < -0.39 is 0 Å². The molecule has 28 heavy (non-hydrogen) atoms. The molecule has 2 aromatic heterocycles. The average Bonchev–Trinajstić information content (AvgIpc) is 3.13. The average molecular weight is 375 g/mol. The van der Waals surface area contributed by atoms with Gasteiger partial charge >= 0.3 is 0 Å². The maximum atomic E-state index is 6.08. The van der Waals surface area contributed by atoms with Crippen LogP contribution in [0.4, 0.5) is 0 Å². The zero-order chi connectivity index (χ0) is 19.3. The molecule has 0 atom stereocenters. The predicted octanol–water partition coefficient (Wildman–Crippen LogP) is 5.15. The molecule has 4 rings (SSSR count). The van der Waals surface area contributed by atoms with Crippen molar-refractivity contribution in [1.29, 1.82) is 0 Å². The third-order valence-electron chi connectivity index (χ3n) is 4.97. The van der Waals surface area contributed by atoms with Crippen molar-refractivity contribution < 1.29 is 9.15 Å². The highest BCUT2D eigenvalue weighted by molar-refractivity contribution is 6.04. The van der Waals surface area contributed by atoms with Gasteiger partial charge in [-0.25, -0.2) is 4.98 Å². The van der Waals surface area contributed by atoms with Gasteiger partial charge in [-0.1, -0.05) is 56.3 Å². The van der Waals surface area contributed by atoms with Crippen molar-refractivity contribution in [3.05, 3.63) is 54.6 Å². The fourth-order valence-corrected chi connectivity index (χ4v) is 3.38. The summed E-state index contributed by atoms with van der Waals surface area (Å²) >= 11 is 0. The second kappa shape index (κ2) is 8.40. The summed E-state index contributed by atoms with van der Waals surface area (Å²) in [6, 6.07) is 17.9. The molecule has 0 N–H and O–H groups in total. The fourth-order valence-electron chi connectivity index (χ4n) is 3.38. The van der Waals surface area contributed by atoms with Crippen LogP contribution in [0.15, 0.2) is 59.0 Å². The maximum absolute atomic E-state index is 6.08. The second-order valence-electron chi connectivity index (χ2n) is 6.72. The van der Waals surface area contributed by atoms with E-state index in [4.69, 9.17) is 14.1 Å². The van der Waals surface area contributed by atoms with Crippen LogP contribution in [0.5, 0.6) is 5.88 Å². The number of ether oxygens (including phenoxy) is 1. The number of hydrogen-bond donors (Lipinski definition) is 0. The Bertz CT molecular complexity index is 1060. The van der Waals surface area contributed by atoms with Crippen molar-refractivity contribution in [3.63, 3.8) is 0 Å². The molecule has 0 aliphatic rings. The van der Waals surface area contributed by atoms with Crippen molar-refractivity contribution >= 4 is 22.1 Å². The minimum atomic E-state index is 0.514. The highest BCUT2D eigenvalue weighted by atomic mass is 16.5. The summed E-state index contributed by atoms with van der Waals surface area (Å²) in [7, 11) is 0. The predicted molar refractivity (Wildman–Crippen MR) is 113 cm³/mol. The SMILES string of the molecule is CCN(CC)CCCOc1nc(-c2ccccc2)nc2c1oc1ccccc12. The molecule has 0 amide bonds. The summed E-state index contributed by atoms with van der Waals surface area (Å²) in [6.07, 6.45) is 0.939. The van der Waals surface area contributed by atoms with Crippen LogP contribution in [0.3, 0.4) is 0 Å². The summed E-state index contributed by atoms with van der Waals surface area (Å²) in [4.78, 5) is 11.9. The molecule has 0 spiro atoms. The summed E-state index contributed by atoms with van der Waals surface area (Å²) in [6.45, 7) is 8.06. The lowest BCUT2D eigenvalue weighted by Gasteiger charge is -2.17. The Hall–Kier alpha value is -2.92. The van der Waals surface area contributed by atoms with Gasteiger partial charge in [0.25, 0.3) is 5.88 Å². The van der Waals surface area contributed by atoms with Crippen LogP contribution < -0.4 is 4.74 Å². The topological polar surface area (TPSA) is 51.4 Å². The van der Waals surface area contributed by atoms with Gasteiger partial charge in [0.2, 0.25) is 5.58 Å². The first kappa shape index (κ1) is 18.4. The Kier molecular flexibility index (Phi) is 5.53. The van der Waals surface area contributed by atoms with Crippen molar-refractivity contribution in [2.45, 2.75) is 20.3 Å². The quantitative estimate of drug-likeness (QED) is 0.399. The van der Waals surface area contributed by atoms with Crippen LogP contribution in [0.2, 0.25) is 0 Å². The molecule has 0 bridgehead atoms. The summed E-state index contributed by atoms with van der Waals surface area (Å²) in [5.41, 5.74) is 3.17. The molecule has 0 saturated carbocycles. The van der Waals surface area contributed by atoms with Gasteiger partial charge in [0.05, 0.1) is 6.61 Å². The molecule has 2 aromatic carbocycles. The van der Waals surface area contributed by atoms with Gasteiger partial charge in [-0.3, -0.25) is 0 Å². The van der Waals surface area contributed by atoms with Crippen LogP contribution in [0.25, 0.3) is 33.5 Å². The molecule has 5 nitrogen and oxygen atoms in total. The van der Waals surface area contributed by atoms with E-state index in [0.717, 1.165) is 48.1 Å². The van der Waals surface area contributed by atoms with E-state index >= 15 is 0 Å². The van der Waals surface area contributed by atoms with Gasteiger partial charge in [-0.15, -0.1) is 0 Å². The molecule has 2 heterocycles. The van der Waals surface area contributed by atoms with Crippen molar-refractivity contribution in [2.75, 3.05) is 26.2 Å². The Labute approximate surface area is 165 Å². The van der Waals surface area contributed by atoms with Crippen LogP contribution in [-0.4, -0.2) is 41.1 Å². The van der Waals surface area contributed by atoms with E-state index in [-0.39, 0.29) is 0 Å². The summed E-state index contributed by atoms with van der Waals surface area (Å²) < 4.78 is 12.1. The standard InChI is InChI=1S/C23H25N3O2/c1-3-26(4-2)15-10-16-27-23-21-20(18-13-8-9-14-19(18)28-21)24-22(25-23)17-11-6-5-7-12-17/h5-9,11-14H,3-4,10,15-16H2,1-2H3. The van der Waals surface area contributed by atoms with Crippen LogP contribution >= 0.6 is 0 Å². The molecule has 0 radical (unpaired) electrons. The van der Waals surface area contributed by atoms with Gasteiger partial charge in [0.1, 0.15) is 11.1 Å². The molecule has 144 valence electrons. The van der Waals surface area contributed by atoms with E-state index in [1.54, 1.807) is 0 Å². The summed E-state index contributed by atoms with van der Waals surface area (Å²) in [5.74, 6) is 1.16. The zero-order valence-electron chi connectivity index (χ0n) is 16.4. The molecular weight excluding hydrogens is 350 g/mol. The Morgan fingerprint density at radius 3 is 2.46 bits per heavy atom. The minimum Gasteiger partial charge on any atom is -0.475 e. The zero-order valence-corrected chi connectivity index (χ0v) is 16.4. The smallest absolute Gasteiger partial charge is 0.262 e. The van der Waals surface area contributed by atoms with Crippen molar-refractivity contribution in [1.82, 2.24) is 14.9 Å². The largest absolute Gasteiger partial charge is 0.475 e. The lowest BCUT2D eigenvalue weighted by Crippen LogP contribution is -2.25. The van der Waals surface area contributed by atoms with E-state index in [2.05, 4.69) is 23.7 Å². The molecule has 5 heteroatoms. The molecular formula is C23H25N3O2. The number of rotatable bonds is 8. The van der Waals surface area contributed by atoms with Crippen LogP contribution in [0.1, 0.15) is 20.3 Å². The van der Waals surface area contributed by atoms with Gasteiger partial charge in [0, 0.05) is 17.5 Å². The highest BCUT2D eigenvalue weighted by Crippen LogP contribution is 2.34. The third kappa shape index (κ3) is 3.71. The van der Waals surface area contributed by atoms with Gasteiger partial charge < -0.3 is 14.1 Å². The first-order valence-corrected chi connectivity index (χ1v) is 9.90. The molecule has 0 aliphatic heterocycles. The molecule has 0 unspecified atom stereocenters. The number of benzene rings is 2. The van der Waals surface area contributed by atoms with Gasteiger partial charge in [-0.05, 0) is 31.6 Å². The normalized spacial score (nSPS) is 11.5. The first-order chi connectivity index (χ1) is 13.8. The maximum Gasteiger partial charge on any atom is 0.262 e. The van der Waals surface area contributed by atoms with E-state index in [1.165, 1.54) is 0 Å². The number of fused-ring (bicyclic) bond motifs is 3. The second-order valence-corrected chi connectivity index (χ2v) is 6.72.